The van der Waals surface area contributed by atoms with Gasteiger partial charge in [-0.1, -0.05) is 0 Å². The van der Waals surface area contributed by atoms with E-state index in [4.69, 9.17) is 4.74 Å². The van der Waals surface area contributed by atoms with Crippen LogP contribution in [0.4, 0.5) is 5.95 Å². The Kier molecular flexibility index (Phi) is 4.28. The Bertz CT molecular complexity index is 542. The van der Waals surface area contributed by atoms with Crippen molar-refractivity contribution in [3.05, 3.63) is 41.9 Å². The third kappa shape index (κ3) is 3.91. The predicted octanol–water partition coefficient (Wildman–Crippen LogP) is 2.58. The molecule has 0 amide bonds. The molecule has 0 spiro atoms. The maximum atomic E-state index is 5.53. The summed E-state index contributed by atoms with van der Waals surface area (Å²) < 4.78 is 5.53. The Hall–Kier alpha value is -2.17. The van der Waals surface area contributed by atoms with E-state index in [0.717, 1.165) is 5.56 Å². The number of anilines is 1. The first kappa shape index (κ1) is 13.3. The first-order chi connectivity index (χ1) is 9.15. The monoisotopic (exact) mass is 258 g/mol. The molecule has 0 radical (unpaired) electrons. The second-order valence-electron chi connectivity index (χ2n) is 4.54. The number of nitrogens with zero attached hydrogens (tertiary/aromatic N) is 3. The highest BCUT2D eigenvalue weighted by Crippen LogP contribution is 2.12. The molecule has 100 valence electrons. The van der Waals surface area contributed by atoms with Gasteiger partial charge >= 0.3 is 0 Å². The minimum Gasteiger partial charge on any atom is -0.475 e. The number of hydrogen-bond donors (Lipinski definition) is 1. The van der Waals surface area contributed by atoms with Gasteiger partial charge in [-0.15, -0.1) is 0 Å². The predicted molar refractivity (Wildman–Crippen MR) is 74.1 cm³/mol. The summed E-state index contributed by atoms with van der Waals surface area (Å²) in [5.74, 6) is 1.15. The Morgan fingerprint density at radius 3 is 2.84 bits per heavy atom. The summed E-state index contributed by atoms with van der Waals surface area (Å²) in [6.07, 6.45) is 5.41. The van der Waals surface area contributed by atoms with E-state index in [2.05, 4.69) is 20.3 Å². The van der Waals surface area contributed by atoms with Gasteiger partial charge in [-0.2, -0.15) is 4.98 Å². The third-order valence-corrected chi connectivity index (χ3v) is 2.56. The minimum absolute atomic E-state index is 0.102. The summed E-state index contributed by atoms with van der Waals surface area (Å²) in [6.45, 7) is 6.63. The normalized spacial score (nSPS) is 10.5. The molecule has 2 heterocycles. The van der Waals surface area contributed by atoms with Gasteiger partial charge in [-0.25, -0.2) is 4.98 Å². The summed E-state index contributed by atoms with van der Waals surface area (Å²) in [4.78, 5) is 12.5. The summed E-state index contributed by atoms with van der Waals surface area (Å²) in [7, 11) is 0. The Morgan fingerprint density at radius 1 is 1.26 bits per heavy atom. The van der Waals surface area contributed by atoms with Gasteiger partial charge in [0.2, 0.25) is 11.8 Å². The smallest absolute Gasteiger partial charge is 0.226 e. The Labute approximate surface area is 113 Å². The largest absolute Gasteiger partial charge is 0.475 e. The van der Waals surface area contributed by atoms with Crippen molar-refractivity contribution < 1.29 is 4.74 Å². The SMILES string of the molecule is Cc1cnccc1CNc1nccc(OC(C)C)n1. The molecule has 2 aromatic heterocycles. The van der Waals surface area contributed by atoms with Crippen molar-refractivity contribution in [1.82, 2.24) is 15.0 Å². The van der Waals surface area contributed by atoms with Gasteiger partial charge in [0.15, 0.2) is 0 Å². The van der Waals surface area contributed by atoms with E-state index in [0.29, 0.717) is 18.4 Å². The summed E-state index contributed by atoms with van der Waals surface area (Å²) >= 11 is 0. The van der Waals surface area contributed by atoms with Crippen LogP contribution < -0.4 is 10.1 Å². The number of aromatic nitrogens is 3. The molecule has 0 bridgehead atoms. The molecule has 0 aliphatic heterocycles. The number of nitrogens with one attached hydrogen (secondary N) is 1. The quantitative estimate of drug-likeness (QED) is 0.893. The average molecular weight is 258 g/mol. The molecule has 2 rings (SSSR count). The van der Waals surface area contributed by atoms with Gasteiger partial charge in [0.25, 0.3) is 0 Å². The van der Waals surface area contributed by atoms with Crippen LogP contribution in [0.3, 0.4) is 0 Å². The molecule has 0 unspecified atom stereocenters. The van der Waals surface area contributed by atoms with E-state index in [-0.39, 0.29) is 6.10 Å². The first-order valence-electron chi connectivity index (χ1n) is 6.28. The van der Waals surface area contributed by atoms with Gasteiger partial charge in [-0.3, -0.25) is 4.98 Å². The van der Waals surface area contributed by atoms with Crippen LogP contribution >= 0.6 is 0 Å². The van der Waals surface area contributed by atoms with Crippen LogP contribution in [0.1, 0.15) is 25.0 Å². The second kappa shape index (κ2) is 6.13. The summed E-state index contributed by atoms with van der Waals surface area (Å²) in [5.41, 5.74) is 2.32. The fraction of sp³-hybridized carbons (Fsp3) is 0.357. The zero-order chi connectivity index (χ0) is 13.7. The van der Waals surface area contributed by atoms with E-state index >= 15 is 0 Å². The van der Waals surface area contributed by atoms with Crippen LogP contribution in [0.5, 0.6) is 5.88 Å². The molecular weight excluding hydrogens is 240 g/mol. The molecule has 0 aromatic carbocycles. The summed E-state index contributed by atoms with van der Waals surface area (Å²) in [5, 5.41) is 3.19. The lowest BCUT2D eigenvalue weighted by Gasteiger charge is -2.10. The van der Waals surface area contributed by atoms with E-state index in [1.165, 1.54) is 5.56 Å². The maximum absolute atomic E-state index is 5.53. The number of rotatable bonds is 5. The van der Waals surface area contributed by atoms with Crippen LogP contribution in [0.2, 0.25) is 0 Å². The highest BCUT2D eigenvalue weighted by atomic mass is 16.5. The third-order valence-electron chi connectivity index (χ3n) is 2.56. The summed E-state index contributed by atoms with van der Waals surface area (Å²) in [6, 6.07) is 3.74. The van der Waals surface area contributed by atoms with Gasteiger partial charge in [0.05, 0.1) is 6.10 Å². The number of aryl methyl sites for hydroxylation is 1. The fourth-order valence-corrected chi connectivity index (χ4v) is 1.61. The van der Waals surface area contributed by atoms with E-state index in [9.17, 15) is 0 Å². The highest BCUT2D eigenvalue weighted by Gasteiger charge is 2.03. The van der Waals surface area contributed by atoms with E-state index in [1.807, 2.05) is 33.0 Å². The fourth-order valence-electron chi connectivity index (χ4n) is 1.61. The number of ether oxygens (including phenoxy) is 1. The van der Waals surface area contributed by atoms with Crippen molar-refractivity contribution in [3.63, 3.8) is 0 Å². The minimum atomic E-state index is 0.102. The second-order valence-corrected chi connectivity index (χ2v) is 4.54. The van der Waals surface area contributed by atoms with Gasteiger partial charge in [0.1, 0.15) is 0 Å². The molecule has 0 saturated carbocycles. The van der Waals surface area contributed by atoms with E-state index < -0.39 is 0 Å². The lowest BCUT2D eigenvalue weighted by molar-refractivity contribution is 0.232. The van der Waals surface area contributed by atoms with Gasteiger partial charge < -0.3 is 10.1 Å². The van der Waals surface area contributed by atoms with Crippen LogP contribution in [0.25, 0.3) is 0 Å². The molecule has 0 fully saturated rings. The Balaban J connectivity index is 2.02. The topological polar surface area (TPSA) is 59.9 Å². The molecule has 0 aliphatic carbocycles. The van der Waals surface area contributed by atoms with Crippen LogP contribution in [0, 0.1) is 6.92 Å². The van der Waals surface area contributed by atoms with Crippen molar-refractivity contribution in [3.8, 4) is 5.88 Å². The molecule has 0 saturated heterocycles. The molecule has 0 atom stereocenters. The van der Waals surface area contributed by atoms with Crippen molar-refractivity contribution in [2.75, 3.05) is 5.32 Å². The molecule has 1 N–H and O–H groups in total. The van der Waals surface area contributed by atoms with Crippen LogP contribution in [0.15, 0.2) is 30.7 Å². The highest BCUT2D eigenvalue weighted by molar-refractivity contribution is 5.31. The molecule has 5 heteroatoms. The lowest BCUT2D eigenvalue weighted by atomic mass is 10.1. The van der Waals surface area contributed by atoms with Crippen LogP contribution in [-0.4, -0.2) is 21.1 Å². The molecule has 19 heavy (non-hydrogen) atoms. The standard InChI is InChI=1S/C14H18N4O/c1-10(2)19-13-5-7-16-14(18-13)17-9-12-4-6-15-8-11(12)3/h4-8,10H,9H2,1-3H3,(H,16,17,18). The molecule has 2 aromatic rings. The van der Waals surface area contributed by atoms with Gasteiger partial charge in [-0.05, 0) is 38.0 Å². The maximum Gasteiger partial charge on any atom is 0.226 e. The van der Waals surface area contributed by atoms with Crippen molar-refractivity contribution in [2.24, 2.45) is 0 Å². The number of pyridine rings is 1. The van der Waals surface area contributed by atoms with E-state index in [1.54, 1.807) is 18.5 Å². The lowest BCUT2D eigenvalue weighted by Crippen LogP contribution is -2.09. The first-order valence-corrected chi connectivity index (χ1v) is 6.28. The van der Waals surface area contributed by atoms with Crippen molar-refractivity contribution in [2.45, 2.75) is 33.4 Å². The van der Waals surface area contributed by atoms with Crippen molar-refractivity contribution >= 4 is 5.95 Å². The van der Waals surface area contributed by atoms with Gasteiger partial charge in [0, 0.05) is 31.2 Å². The average Bonchev–Trinajstić information content (AvgIpc) is 2.37. The molecular formula is C14H18N4O. The molecule has 0 aliphatic rings. The van der Waals surface area contributed by atoms with Crippen LogP contribution in [-0.2, 0) is 6.54 Å². The van der Waals surface area contributed by atoms with Crippen molar-refractivity contribution in [1.29, 1.82) is 0 Å². The zero-order valence-corrected chi connectivity index (χ0v) is 11.4. The Morgan fingerprint density at radius 2 is 2.11 bits per heavy atom. The molecule has 5 nitrogen and oxygen atoms in total. The zero-order valence-electron chi connectivity index (χ0n) is 11.4. The number of hydrogen-bond acceptors (Lipinski definition) is 5.